The van der Waals surface area contributed by atoms with Gasteiger partial charge in [0.25, 0.3) is 5.91 Å². The lowest BCUT2D eigenvalue weighted by atomic mass is 9.94. The number of carbonyl (C=O) groups is 1. The molecule has 0 bridgehead atoms. The molecular formula is C25H33N3O4S. The Bertz CT molecular complexity index is 1080. The highest BCUT2D eigenvalue weighted by molar-refractivity contribution is 7.89. The van der Waals surface area contributed by atoms with Crippen LogP contribution < -0.4 is 10.0 Å². The number of sulfonamides is 1. The normalized spacial score (nSPS) is 19.3. The summed E-state index contributed by atoms with van der Waals surface area (Å²) in [5.74, 6) is -0.211. The van der Waals surface area contributed by atoms with Gasteiger partial charge in [0.2, 0.25) is 10.0 Å². The predicted octanol–water partition coefficient (Wildman–Crippen LogP) is 2.71. The largest absolute Gasteiger partial charge is 0.377 e. The van der Waals surface area contributed by atoms with Crippen LogP contribution in [0.15, 0.2) is 53.4 Å². The monoisotopic (exact) mass is 471 g/mol. The quantitative estimate of drug-likeness (QED) is 0.618. The van der Waals surface area contributed by atoms with Gasteiger partial charge in [0, 0.05) is 43.9 Å². The van der Waals surface area contributed by atoms with Crippen LogP contribution in [0.3, 0.4) is 0 Å². The molecule has 0 radical (unpaired) electrons. The molecule has 1 saturated heterocycles. The van der Waals surface area contributed by atoms with E-state index in [1.54, 1.807) is 12.1 Å². The highest BCUT2D eigenvalue weighted by Crippen LogP contribution is 2.25. The molecule has 1 fully saturated rings. The van der Waals surface area contributed by atoms with Crippen LogP contribution in [-0.4, -0.2) is 57.1 Å². The molecule has 1 unspecified atom stereocenters. The summed E-state index contributed by atoms with van der Waals surface area (Å²) >= 11 is 0. The van der Waals surface area contributed by atoms with Crippen LogP contribution in [0.1, 0.15) is 48.2 Å². The third-order valence-corrected chi connectivity index (χ3v) is 8.06. The van der Waals surface area contributed by atoms with Gasteiger partial charge in [-0.15, -0.1) is 0 Å². The van der Waals surface area contributed by atoms with Crippen molar-refractivity contribution >= 4 is 15.9 Å². The molecule has 0 spiro atoms. The molecule has 0 saturated carbocycles. The van der Waals surface area contributed by atoms with Crippen LogP contribution in [0.4, 0.5) is 0 Å². The summed E-state index contributed by atoms with van der Waals surface area (Å²) in [5, 5.41) is 3.02. The standard InChI is InChI=1S/C25H33N3O4S/c1-25(2,28-14-13-19-6-3-4-7-21(19)17-28)18-26-24(29)20-9-11-23(12-10-20)33(30,31)27-16-22-8-5-15-32-22/h3-4,6-7,9-12,22,27H,5,8,13-18H2,1-2H3,(H,26,29). The van der Waals surface area contributed by atoms with Gasteiger partial charge in [-0.2, -0.15) is 0 Å². The predicted molar refractivity (Wildman–Crippen MR) is 128 cm³/mol. The molecule has 2 N–H and O–H groups in total. The van der Waals surface area contributed by atoms with Crippen LogP contribution in [0.5, 0.6) is 0 Å². The van der Waals surface area contributed by atoms with Crippen molar-refractivity contribution in [2.24, 2.45) is 0 Å². The molecule has 0 aromatic heterocycles. The van der Waals surface area contributed by atoms with Gasteiger partial charge in [-0.3, -0.25) is 9.69 Å². The lowest BCUT2D eigenvalue weighted by molar-refractivity contribution is 0.0826. The van der Waals surface area contributed by atoms with Gasteiger partial charge in [-0.05, 0) is 68.5 Å². The van der Waals surface area contributed by atoms with E-state index in [0.29, 0.717) is 18.7 Å². The fourth-order valence-corrected chi connectivity index (χ4v) is 5.47. The second-order valence-electron chi connectivity index (χ2n) is 9.45. The van der Waals surface area contributed by atoms with Gasteiger partial charge in [-0.1, -0.05) is 24.3 Å². The second kappa shape index (κ2) is 9.93. The van der Waals surface area contributed by atoms with E-state index in [4.69, 9.17) is 4.74 Å². The van der Waals surface area contributed by atoms with E-state index in [2.05, 4.69) is 53.1 Å². The van der Waals surface area contributed by atoms with Crippen LogP contribution in [0, 0.1) is 0 Å². The van der Waals surface area contributed by atoms with Gasteiger partial charge in [0.1, 0.15) is 0 Å². The van der Waals surface area contributed by atoms with Crippen LogP contribution in [0.25, 0.3) is 0 Å². The highest BCUT2D eigenvalue weighted by Gasteiger charge is 2.30. The van der Waals surface area contributed by atoms with Crippen LogP contribution in [-0.2, 0) is 27.7 Å². The molecule has 7 nitrogen and oxygen atoms in total. The molecule has 4 rings (SSSR count). The van der Waals surface area contributed by atoms with Gasteiger partial charge in [0.05, 0.1) is 11.0 Å². The molecular weight excluding hydrogens is 438 g/mol. The molecule has 2 aromatic rings. The molecule has 8 heteroatoms. The lowest BCUT2D eigenvalue weighted by Crippen LogP contribution is -2.53. The van der Waals surface area contributed by atoms with E-state index in [-0.39, 0.29) is 29.0 Å². The van der Waals surface area contributed by atoms with Crippen molar-refractivity contribution in [3.05, 3.63) is 65.2 Å². The number of carbonyl (C=O) groups excluding carboxylic acids is 1. The number of hydrogen-bond acceptors (Lipinski definition) is 5. The minimum atomic E-state index is -3.63. The molecule has 2 aromatic carbocycles. The average Bonchev–Trinajstić information content (AvgIpc) is 3.35. The lowest BCUT2D eigenvalue weighted by Gasteiger charge is -2.41. The van der Waals surface area contributed by atoms with E-state index in [1.165, 1.54) is 23.3 Å². The van der Waals surface area contributed by atoms with Crippen molar-refractivity contribution in [1.82, 2.24) is 14.9 Å². The van der Waals surface area contributed by atoms with Crippen molar-refractivity contribution in [1.29, 1.82) is 0 Å². The summed E-state index contributed by atoms with van der Waals surface area (Å²) in [7, 11) is -3.63. The third-order valence-electron chi connectivity index (χ3n) is 6.62. The topological polar surface area (TPSA) is 87.7 Å². The zero-order chi connectivity index (χ0) is 23.5. The maximum Gasteiger partial charge on any atom is 0.251 e. The Morgan fingerprint density at radius 2 is 1.85 bits per heavy atom. The summed E-state index contributed by atoms with van der Waals surface area (Å²) in [6, 6.07) is 14.6. The Hall–Kier alpha value is -2.26. The second-order valence-corrected chi connectivity index (χ2v) is 11.2. The summed E-state index contributed by atoms with van der Waals surface area (Å²) < 4.78 is 33.1. The van der Waals surface area contributed by atoms with E-state index in [1.807, 2.05) is 0 Å². The zero-order valence-corrected chi connectivity index (χ0v) is 20.2. The molecule has 2 aliphatic heterocycles. The Morgan fingerprint density at radius 1 is 1.12 bits per heavy atom. The van der Waals surface area contributed by atoms with Crippen molar-refractivity contribution in [2.75, 3.05) is 26.2 Å². The van der Waals surface area contributed by atoms with E-state index in [0.717, 1.165) is 32.4 Å². The first-order valence-corrected chi connectivity index (χ1v) is 13.0. The number of ether oxygens (including phenoxy) is 1. The number of nitrogens with one attached hydrogen (secondary N) is 2. The minimum Gasteiger partial charge on any atom is -0.377 e. The molecule has 178 valence electrons. The zero-order valence-electron chi connectivity index (χ0n) is 19.3. The molecule has 33 heavy (non-hydrogen) atoms. The summed E-state index contributed by atoms with van der Waals surface area (Å²) in [6.45, 7) is 7.53. The number of hydrogen-bond donors (Lipinski definition) is 2. The van der Waals surface area contributed by atoms with Crippen LogP contribution >= 0.6 is 0 Å². The number of amides is 1. The smallest absolute Gasteiger partial charge is 0.251 e. The van der Waals surface area contributed by atoms with Crippen molar-refractivity contribution < 1.29 is 17.9 Å². The van der Waals surface area contributed by atoms with Crippen molar-refractivity contribution in [2.45, 2.75) is 56.2 Å². The minimum absolute atomic E-state index is 0.0680. The van der Waals surface area contributed by atoms with Crippen molar-refractivity contribution in [3.8, 4) is 0 Å². The molecule has 1 atom stereocenters. The fraction of sp³-hybridized carbons (Fsp3) is 0.480. The maximum absolute atomic E-state index is 12.7. The Balaban J connectivity index is 1.32. The first-order valence-electron chi connectivity index (χ1n) is 11.6. The Kier molecular flexibility index (Phi) is 7.19. The van der Waals surface area contributed by atoms with Crippen molar-refractivity contribution in [3.63, 3.8) is 0 Å². The summed E-state index contributed by atoms with van der Waals surface area (Å²) in [6.07, 6.45) is 2.76. The fourth-order valence-electron chi connectivity index (χ4n) is 4.40. The number of nitrogens with zero attached hydrogens (tertiary/aromatic N) is 1. The van der Waals surface area contributed by atoms with E-state index < -0.39 is 10.0 Å². The van der Waals surface area contributed by atoms with Crippen LogP contribution in [0.2, 0.25) is 0 Å². The average molecular weight is 472 g/mol. The molecule has 1 amide bonds. The van der Waals surface area contributed by atoms with Gasteiger partial charge < -0.3 is 10.1 Å². The van der Waals surface area contributed by atoms with Gasteiger partial charge in [0.15, 0.2) is 0 Å². The van der Waals surface area contributed by atoms with E-state index >= 15 is 0 Å². The first kappa shape index (κ1) is 23.9. The number of benzene rings is 2. The highest BCUT2D eigenvalue weighted by atomic mass is 32.2. The summed E-state index contributed by atoms with van der Waals surface area (Å²) in [4.78, 5) is 15.3. The first-order chi connectivity index (χ1) is 15.7. The number of rotatable bonds is 8. The SMILES string of the molecule is CC(C)(CNC(=O)c1ccc(S(=O)(=O)NCC2CCCO2)cc1)N1CCc2ccccc2C1. The Morgan fingerprint density at radius 3 is 2.55 bits per heavy atom. The third kappa shape index (κ3) is 5.81. The van der Waals surface area contributed by atoms with Gasteiger partial charge in [-0.25, -0.2) is 13.1 Å². The van der Waals surface area contributed by atoms with E-state index in [9.17, 15) is 13.2 Å². The molecule has 0 aliphatic carbocycles. The Labute approximate surface area is 196 Å². The molecule has 2 aliphatic rings. The molecule has 2 heterocycles. The van der Waals surface area contributed by atoms with Gasteiger partial charge >= 0.3 is 0 Å². The summed E-state index contributed by atoms with van der Waals surface area (Å²) in [5.41, 5.74) is 2.97. The maximum atomic E-state index is 12.7. The number of fused-ring (bicyclic) bond motifs is 1.